The topological polar surface area (TPSA) is 81.4 Å². The van der Waals surface area contributed by atoms with Gasteiger partial charge in [0.15, 0.2) is 0 Å². The molecule has 4 unspecified atom stereocenters. The van der Waals surface area contributed by atoms with E-state index in [1.807, 2.05) is 26.9 Å². The van der Waals surface area contributed by atoms with Crippen molar-refractivity contribution in [3.8, 4) is 0 Å². The first-order valence-electron chi connectivity index (χ1n) is 9.36. The summed E-state index contributed by atoms with van der Waals surface area (Å²) in [5, 5.41) is 0. The van der Waals surface area contributed by atoms with Crippen LogP contribution in [0.25, 0.3) is 0 Å². The van der Waals surface area contributed by atoms with Gasteiger partial charge in [-0.25, -0.2) is 0 Å². The average molecular weight is 412 g/mol. The van der Waals surface area contributed by atoms with Crippen molar-refractivity contribution in [3.63, 3.8) is 0 Å². The molecule has 0 heterocycles. The highest BCUT2D eigenvalue weighted by atomic mass is 28.4. The molecule has 2 N–H and O–H groups in total. The van der Waals surface area contributed by atoms with Crippen LogP contribution in [0.3, 0.4) is 0 Å². The third-order valence-corrected chi connectivity index (χ3v) is 12.0. The van der Waals surface area contributed by atoms with E-state index in [1.54, 1.807) is 28.4 Å². The Balaban J connectivity index is 5.02. The fraction of sp³-hybridized carbons (Fsp3) is 1.00. The maximum absolute atomic E-state index is 6.44. The molecule has 0 radical (unpaired) electrons. The van der Waals surface area contributed by atoms with Gasteiger partial charge in [0.25, 0.3) is 0 Å². The molecule has 0 saturated carbocycles. The first-order chi connectivity index (χ1) is 12.1. The van der Waals surface area contributed by atoms with Crippen LogP contribution in [-0.4, -0.2) is 75.3 Å². The molecule has 0 rings (SSSR count). The zero-order valence-electron chi connectivity index (χ0n) is 18.3. The number of ether oxygens (including phenoxy) is 2. The fourth-order valence-electron chi connectivity index (χ4n) is 2.95. The van der Waals surface area contributed by atoms with E-state index in [-0.39, 0.29) is 29.7 Å². The summed E-state index contributed by atoms with van der Waals surface area (Å²) < 4.78 is 35.0. The van der Waals surface area contributed by atoms with Crippen molar-refractivity contribution in [3.05, 3.63) is 0 Å². The Morgan fingerprint density at radius 3 is 1.15 bits per heavy atom. The van der Waals surface area contributed by atoms with Crippen LogP contribution in [0.5, 0.6) is 0 Å². The second-order valence-corrected chi connectivity index (χ2v) is 13.9. The molecule has 0 aromatic heterocycles. The molecule has 0 bridgehead atoms. The highest BCUT2D eigenvalue weighted by molar-refractivity contribution is 6.67. The van der Waals surface area contributed by atoms with Crippen molar-refractivity contribution >= 4 is 17.1 Å². The number of hydrogen-bond donors (Lipinski definition) is 1. The van der Waals surface area contributed by atoms with Crippen LogP contribution >= 0.6 is 0 Å². The summed E-state index contributed by atoms with van der Waals surface area (Å²) in [4.78, 5) is 0. The molecule has 4 atom stereocenters. The second-order valence-electron chi connectivity index (χ2n) is 6.90. The van der Waals surface area contributed by atoms with Crippen molar-refractivity contribution < 1.29 is 27.2 Å². The maximum Gasteiger partial charge on any atom is 0.364 e. The molecule has 9 heteroatoms. The lowest BCUT2D eigenvalue weighted by Crippen LogP contribution is -2.57. The first kappa shape index (κ1) is 26.2. The molecular formula is C17H41NO6Si2. The molecule has 158 valence electrons. The number of rotatable bonds is 14. The Kier molecular flexibility index (Phi) is 11.9. The minimum Gasteiger partial charge on any atom is -0.396 e. The lowest BCUT2D eigenvalue weighted by Gasteiger charge is -2.38. The van der Waals surface area contributed by atoms with Crippen molar-refractivity contribution in [1.82, 2.24) is 0 Å². The van der Waals surface area contributed by atoms with E-state index in [1.165, 1.54) is 0 Å². The maximum atomic E-state index is 6.44. The third-order valence-electron chi connectivity index (χ3n) is 5.37. The van der Waals surface area contributed by atoms with Gasteiger partial charge in [-0.1, -0.05) is 13.8 Å². The van der Waals surface area contributed by atoms with Crippen molar-refractivity contribution in [2.45, 2.75) is 83.3 Å². The van der Waals surface area contributed by atoms with Crippen molar-refractivity contribution in [2.75, 3.05) is 28.4 Å². The summed E-state index contributed by atoms with van der Waals surface area (Å²) in [7, 11) is 1.88. The van der Waals surface area contributed by atoms with E-state index in [4.69, 9.17) is 32.9 Å². The summed E-state index contributed by atoms with van der Waals surface area (Å²) in [6.07, 6.45) is 1.18. The Morgan fingerprint density at radius 2 is 0.962 bits per heavy atom. The van der Waals surface area contributed by atoms with Gasteiger partial charge < -0.3 is 32.9 Å². The summed E-state index contributed by atoms with van der Waals surface area (Å²) in [6.45, 7) is 12.1. The molecule has 0 aliphatic carbocycles. The van der Waals surface area contributed by atoms with Gasteiger partial charge in [0, 0.05) is 28.4 Å². The zero-order chi connectivity index (χ0) is 20.5. The minimum absolute atomic E-state index is 0.106. The van der Waals surface area contributed by atoms with Gasteiger partial charge in [0.2, 0.25) is 0 Å². The Hall–Kier alpha value is 0.154. The van der Waals surface area contributed by atoms with Gasteiger partial charge in [-0.05, 0) is 39.8 Å². The average Bonchev–Trinajstić information content (AvgIpc) is 2.67. The smallest absolute Gasteiger partial charge is 0.364 e. The monoisotopic (exact) mass is 411 g/mol. The quantitative estimate of drug-likeness (QED) is 0.440. The van der Waals surface area contributed by atoms with Gasteiger partial charge >= 0.3 is 17.1 Å². The summed E-state index contributed by atoms with van der Waals surface area (Å²) in [5.41, 5.74) is 6.22. The highest BCUT2D eigenvalue weighted by Gasteiger charge is 2.43. The van der Waals surface area contributed by atoms with Crippen molar-refractivity contribution in [1.29, 1.82) is 0 Å². The van der Waals surface area contributed by atoms with Crippen LogP contribution < -0.4 is 5.73 Å². The molecule has 0 amide bonds. The molecule has 7 nitrogen and oxygen atoms in total. The highest BCUT2D eigenvalue weighted by Crippen LogP contribution is 2.23. The minimum atomic E-state index is -2.40. The molecule has 0 spiro atoms. The summed E-state index contributed by atoms with van der Waals surface area (Å²) in [6, 6.07) is -0.294. The fourth-order valence-corrected chi connectivity index (χ4v) is 6.75. The van der Waals surface area contributed by atoms with E-state index in [2.05, 4.69) is 13.8 Å². The molecule has 26 heavy (non-hydrogen) atoms. The van der Waals surface area contributed by atoms with Crippen LogP contribution in [0.15, 0.2) is 0 Å². The van der Waals surface area contributed by atoms with Gasteiger partial charge in [0.1, 0.15) is 11.5 Å². The Labute approximate surface area is 162 Å². The SMILES string of the molecule is CCC(OC(C)C(N)C(C)OC(CC)[Si](C)(OC)OC)[Si](C)(OC)OC. The number of hydrogen-bond acceptors (Lipinski definition) is 7. The zero-order valence-corrected chi connectivity index (χ0v) is 20.3. The number of nitrogens with two attached hydrogens (primary N) is 1. The standard InChI is InChI=1S/C17H41NO6Si2/c1-11-15(25(9,19-5)20-6)23-13(3)17(18)14(4)24-16(12-2)26(10,21-7)22-8/h13-17H,11-12,18H2,1-10H3. The van der Waals surface area contributed by atoms with E-state index < -0.39 is 17.1 Å². The molecule has 0 aromatic rings. The molecule has 0 fully saturated rings. The Morgan fingerprint density at radius 1 is 0.692 bits per heavy atom. The lowest BCUT2D eigenvalue weighted by molar-refractivity contribution is -0.0598. The van der Waals surface area contributed by atoms with Gasteiger partial charge in [0.05, 0.1) is 18.2 Å². The predicted molar refractivity (Wildman–Crippen MR) is 108 cm³/mol. The largest absolute Gasteiger partial charge is 0.396 e. The lowest BCUT2D eigenvalue weighted by atomic mass is 10.1. The van der Waals surface area contributed by atoms with Crippen LogP contribution in [0.2, 0.25) is 13.1 Å². The van der Waals surface area contributed by atoms with E-state index in [9.17, 15) is 0 Å². The Bertz CT molecular complexity index is 348. The summed E-state index contributed by atoms with van der Waals surface area (Å²) >= 11 is 0. The predicted octanol–water partition coefficient (Wildman–Crippen LogP) is 2.49. The van der Waals surface area contributed by atoms with E-state index >= 15 is 0 Å². The molecule has 0 aromatic carbocycles. The molecule has 0 aliphatic rings. The molecular weight excluding hydrogens is 370 g/mol. The van der Waals surface area contributed by atoms with Gasteiger partial charge in [-0.3, -0.25) is 0 Å². The first-order valence-corrected chi connectivity index (χ1v) is 14.1. The van der Waals surface area contributed by atoms with Crippen LogP contribution in [-0.2, 0) is 27.2 Å². The van der Waals surface area contributed by atoms with Gasteiger partial charge in [-0.15, -0.1) is 0 Å². The molecule has 0 saturated heterocycles. The van der Waals surface area contributed by atoms with Crippen LogP contribution in [0.1, 0.15) is 40.5 Å². The third kappa shape index (κ3) is 6.64. The van der Waals surface area contributed by atoms with Crippen LogP contribution in [0, 0.1) is 0 Å². The van der Waals surface area contributed by atoms with E-state index in [0.717, 1.165) is 12.8 Å². The normalized spacial score (nSPS) is 19.0. The van der Waals surface area contributed by atoms with Crippen molar-refractivity contribution in [2.24, 2.45) is 5.73 Å². The molecule has 0 aliphatic heterocycles. The van der Waals surface area contributed by atoms with Gasteiger partial charge in [-0.2, -0.15) is 0 Å². The summed E-state index contributed by atoms with van der Waals surface area (Å²) in [5.74, 6) is 0. The van der Waals surface area contributed by atoms with E-state index in [0.29, 0.717) is 0 Å². The second kappa shape index (κ2) is 11.9. The van der Waals surface area contributed by atoms with Crippen LogP contribution in [0.4, 0.5) is 0 Å².